The van der Waals surface area contributed by atoms with Crippen LogP contribution < -0.4 is 14.4 Å². The number of hydrogen-bond acceptors (Lipinski definition) is 4. The van der Waals surface area contributed by atoms with E-state index in [9.17, 15) is 13.2 Å². The van der Waals surface area contributed by atoms with E-state index in [-0.39, 0.29) is 11.7 Å². The molecular weight excluding hydrogens is 352 g/mol. The van der Waals surface area contributed by atoms with Gasteiger partial charge in [-0.05, 0) is 55.5 Å². The first kappa shape index (κ1) is 19.5. The monoisotopic (exact) mass is 374 g/mol. The SMILES string of the molecule is C=CCOc1ccc(NC(=O)c2ccc(N(C)S(=O)(=O)CC)cc2)cc1. The fraction of sp³-hybridized carbons (Fsp3) is 0.211. The average molecular weight is 374 g/mol. The maximum absolute atomic E-state index is 12.3. The molecule has 2 aromatic carbocycles. The second-order valence-electron chi connectivity index (χ2n) is 5.49. The minimum atomic E-state index is -3.33. The summed E-state index contributed by atoms with van der Waals surface area (Å²) < 4.78 is 30.4. The van der Waals surface area contributed by atoms with Crippen molar-refractivity contribution in [1.82, 2.24) is 0 Å². The van der Waals surface area contributed by atoms with Gasteiger partial charge in [-0.25, -0.2) is 8.42 Å². The highest BCUT2D eigenvalue weighted by Gasteiger charge is 2.16. The Morgan fingerprint density at radius 3 is 2.31 bits per heavy atom. The van der Waals surface area contributed by atoms with Gasteiger partial charge in [0.25, 0.3) is 5.91 Å². The van der Waals surface area contributed by atoms with Crippen LogP contribution in [-0.2, 0) is 10.0 Å². The number of carbonyl (C=O) groups excluding carboxylic acids is 1. The third kappa shape index (κ3) is 4.86. The first-order valence-electron chi connectivity index (χ1n) is 8.09. The maximum atomic E-state index is 12.3. The van der Waals surface area contributed by atoms with Gasteiger partial charge >= 0.3 is 0 Å². The predicted octanol–water partition coefficient (Wildman–Crippen LogP) is 3.29. The smallest absolute Gasteiger partial charge is 0.255 e. The molecule has 1 amide bonds. The maximum Gasteiger partial charge on any atom is 0.255 e. The van der Waals surface area contributed by atoms with Gasteiger partial charge in [0.2, 0.25) is 10.0 Å². The standard InChI is InChI=1S/C19H22N2O4S/c1-4-14-25-18-12-8-16(9-13-18)20-19(22)15-6-10-17(11-7-15)21(3)26(23,24)5-2/h4,6-13H,1,5,14H2,2-3H3,(H,20,22). The Balaban J connectivity index is 2.05. The van der Waals surface area contributed by atoms with Crippen molar-refractivity contribution in [3.05, 3.63) is 66.7 Å². The van der Waals surface area contributed by atoms with E-state index in [1.165, 1.54) is 11.4 Å². The minimum Gasteiger partial charge on any atom is -0.490 e. The lowest BCUT2D eigenvalue weighted by atomic mass is 10.2. The van der Waals surface area contributed by atoms with E-state index in [0.29, 0.717) is 29.3 Å². The molecule has 0 aliphatic rings. The molecule has 0 saturated heterocycles. The summed E-state index contributed by atoms with van der Waals surface area (Å²) in [5, 5.41) is 2.79. The van der Waals surface area contributed by atoms with Crippen molar-refractivity contribution in [1.29, 1.82) is 0 Å². The molecule has 2 rings (SSSR count). The second-order valence-corrected chi connectivity index (χ2v) is 7.78. The molecule has 0 aliphatic heterocycles. The third-order valence-electron chi connectivity index (χ3n) is 3.76. The van der Waals surface area contributed by atoms with E-state index in [2.05, 4.69) is 11.9 Å². The van der Waals surface area contributed by atoms with Crippen LogP contribution in [0.15, 0.2) is 61.2 Å². The summed E-state index contributed by atoms with van der Waals surface area (Å²) in [4.78, 5) is 12.3. The lowest BCUT2D eigenvalue weighted by Crippen LogP contribution is -2.28. The zero-order chi connectivity index (χ0) is 19.2. The van der Waals surface area contributed by atoms with E-state index in [0.717, 1.165) is 0 Å². The topological polar surface area (TPSA) is 75.7 Å². The van der Waals surface area contributed by atoms with Gasteiger partial charge in [0.15, 0.2) is 0 Å². The van der Waals surface area contributed by atoms with Crippen LogP contribution in [0.2, 0.25) is 0 Å². The quantitative estimate of drug-likeness (QED) is 0.720. The van der Waals surface area contributed by atoms with Crippen LogP contribution in [-0.4, -0.2) is 33.7 Å². The van der Waals surface area contributed by atoms with Crippen molar-refractivity contribution in [2.24, 2.45) is 0 Å². The summed E-state index contributed by atoms with van der Waals surface area (Å²) in [5.74, 6) is 0.419. The summed E-state index contributed by atoms with van der Waals surface area (Å²) in [6.07, 6.45) is 1.66. The number of benzene rings is 2. The zero-order valence-corrected chi connectivity index (χ0v) is 15.6. The number of hydrogen-bond donors (Lipinski definition) is 1. The van der Waals surface area contributed by atoms with E-state index < -0.39 is 10.0 Å². The number of amides is 1. The molecular formula is C19H22N2O4S. The van der Waals surface area contributed by atoms with Crippen LogP contribution in [0.5, 0.6) is 5.75 Å². The lowest BCUT2D eigenvalue weighted by molar-refractivity contribution is 0.102. The molecule has 0 aliphatic carbocycles. The molecule has 26 heavy (non-hydrogen) atoms. The summed E-state index contributed by atoms with van der Waals surface area (Å²) in [7, 11) is -1.84. The van der Waals surface area contributed by atoms with Crippen LogP contribution in [0.3, 0.4) is 0 Å². The highest BCUT2D eigenvalue weighted by Crippen LogP contribution is 2.19. The highest BCUT2D eigenvalue weighted by atomic mass is 32.2. The van der Waals surface area contributed by atoms with Gasteiger partial charge in [0, 0.05) is 18.3 Å². The van der Waals surface area contributed by atoms with Crippen LogP contribution >= 0.6 is 0 Å². The van der Waals surface area contributed by atoms with Gasteiger partial charge in [0.1, 0.15) is 12.4 Å². The van der Waals surface area contributed by atoms with Gasteiger partial charge in [-0.3, -0.25) is 9.10 Å². The largest absolute Gasteiger partial charge is 0.490 e. The Bertz CT molecular complexity index is 859. The van der Waals surface area contributed by atoms with Crippen LogP contribution in [0.4, 0.5) is 11.4 Å². The number of rotatable bonds is 8. The van der Waals surface area contributed by atoms with Crippen LogP contribution in [0.25, 0.3) is 0 Å². The van der Waals surface area contributed by atoms with E-state index in [4.69, 9.17) is 4.74 Å². The molecule has 0 spiro atoms. The number of nitrogens with zero attached hydrogens (tertiary/aromatic N) is 1. The van der Waals surface area contributed by atoms with Crippen molar-refractivity contribution < 1.29 is 17.9 Å². The molecule has 0 atom stereocenters. The molecule has 6 nitrogen and oxygen atoms in total. The Hall–Kier alpha value is -2.80. The van der Waals surface area contributed by atoms with Crippen LogP contribution in [0, 0.1) is 0 Å². The van der Waals surface area contributed by atoms with E-state index >= 15 is 0 Å². The van der Waals surface area contributed by atoms with Crippen molar-refractivity contribution in [2.45, 2.75) is 6.92 Å². The number of anilines is 2. The Labute approximate surface area is 154 Å². The van der Waals surface area contributed by atoms with Crippen molar-refractivity contribution in [2.75, 3.05) is 29.0 Å². The van der Waals surface area contributed by atoms with E-state index in [1.807, 2.05) is 0 Å². The molecule has 2 aromatic rings. The molecule has 1 N–H and O–H groups in total. The molecule has 0 heterocycles. The molecule has 0 fully saturated rings. The Morgan fingerprint density at radius 1 is 1.15 bits per heavy atom. The van der Waals surface area contributed by atoms with Gasteiger partial charge < -0.3 is 10.1 Å². The van der Waals surface area contributed by atoms with Gasteiger partial charge in [-0.15, -0.1) is 0 Å². The molecule has 0 radical (unpaired) electrons. The average Bonchev–Trinajstić information content (AvgIpc) is 2.67. The Kier molecular flexibility index (Phi) is 6.41. The van der Waals surface area contributed by atoms with Crippen LogP contribution in [0.1, 0.15) is 17.3 Å². The fourth-order valence-corrected chi connectivity index (χ4v) is 3.00. The fourth-order valence-electron chi connectivity index (χ4n) is 2.17. The molecule has 0 unspecified atom stereocenters. The molecule has 0 aromatic heterocycles. The van der Waals surface area contributed by atoms with E-state index in [1.54, 1.807) is 61.5 Å². The first-order valence-corrected chi connectivity index (χ1v) is 9.70. The molecule has 7 heteroatoms. The van der Waals surface area contributed by atoms with Crippen molar-refractivity contribution in [3.63, 3.8) is 0 Å². The summed E-state index contributed by atoms with van der Waals surface area (Å²) in [5.41, 5.74) is 1.57. The molecule has 0 saturated carbocycles. The predicted molar refractivity (Wildman–Crippen MR) is 104 cm³/mol. The molecule has 138 valence electrons. The molecule has 0 bridgehead atoms. The second kappa shape index (κ2) is 8.53. The third-order valence-corrected chi connectivity index (χ3v) is 5.53. The number of sulfonamides is 1. The normalized spacial score (nSPS) is 10.8. The van der Waals surface area contributed by atoms with Gasteiger partial charge in [-0.1, -0.05) is 12.7 Å². The summed E-state index contributed by atoms with van der Waals surface area (Å²) >= 11 is 0. The first-order chi connectivity index (χ1) is 12.4. The van der Waals surface area contributed by atoms with Gasteiger partial charge in [-0.2, -0.15) is 0 Å². The Morgan fingerprint density at radius 2 is 1.77 bits per heavy atom. The number of ether oxygens (including phenoxy) is 1. The number of nitrogens with one attached hydrogen (secondary N) is 1. The lowest BCUT2D eigenvalue weighted by Gasteiger charge is -2.18. The highest BCUT2D eigenvalue weighted by molar-refractivity contribution is 7.92. The number of carbonyl (C=O) groups is 1. The van der Waals surface area contributed by atoms with Crippen molar-refractivity contribution in [3.8, 4) is 5.75 Å². The zero-order valence-electron chi connectivity index (χ0n) is 14.8. The summed E-state index contributed by atoms with van der Waals surface area (Å²) in [6, 6.07) is 13.4. The van der Waals surface area contributed by atoms with Crippen molar-refractivity contribution >= 4 is 27.3 Å². The minimum absolute atomic E-state index is 0.0121. The van der Waals surface area contributed by atoms with Gasteiger partial charge in [0.05, 0.1) is 11.4 Å². The summed E-state index contributed by atoms with van der Waals surface area (Å²) in [6.45, 7) is 5.58.